The lowest BCUT2D eigenvalue weighted by Gasteiger charge is -2.39. The van der Waals surface area contributed by atoms with E-state index < -0.39 is 15.6 Å². The lowest BCUT2D eigenvalue weighted by atomic mass is 9.67. The summed E-state index contributed by atoms with van der Waals surface area (Å²) in [6.45, 7) is 17.1. The van der Waals surface area contributed by atoms with Gasteiger partial charge in [-0.3, -0.25) is 0 Å². The van der Waals surface area contributed by atoms with E-state index in [0.717, 1.165) is 66.3 Å². The molecule has 9 nitrogen and oxygen atoms in total. The minimum absolute atomic E-state index is 0.000620. The molecule has 266 valence electrons. The number of aryl methyl sites for hydroxylation is 2. The smallest absolute Gasteiger partial charge is 0.407 e. The van der Waals surface area contributed by atoms with Crippen LogP contribution in [-0.2, 0) is 14.8 Å². The second-order valence-corrected chi connectivity index (χ2v) is 17.2. The van der Waals surface area contributed by atoms with Crippen molar-refractivity contribution in [3.63, 3.8) is 0 Å². The average molecular weight is 691 g/mol. The molecule has 4 bridgehead atoms. The highest BCUT2D eigenvalue weighted by atomic mass is 32.2. The van der Waals surface area contributed by atoms with Crippen LogP contribution in [0, 0.1) is 44.4 Å². The van der Waals surface area contributed by atoms with Gasteiger partial charge in [-0.05, 0) is 120 Å². The van der Waals surface area contributed by atoms with E-state index in [2.05, 4.69) is 34.9 Å². The minimum Gasteiger partial charge on any atom is -0.477 e. The zero-order valence-electron chi connectivity index (χ0n) is 30.4. The normalized spacial score (nSPS) is 22.2. The van der Waals surface area contributed by atoms with E-state index in [0.29, 0.717) is 42.5 Å². The first-order valence-electron chi connectivity index (χ1n) is 17.8. The molecular weight excluding hydrogens is 637 g/mol. The van der Waals surface area contributed by atoms with Crippen molar-refractivity contribution in [2.24, 2.45) is 23.7 Å². The molecule has 1 amide bonds. The van der Waals surface area contributed by atoms with Crippen molar-refractivity contribution in [1.29, 1.82) is 0 Å². The molecule has 1 saturated carbocycles. The molecule has 0 saturated heterocycles. The first kappa shape index (κ1) is 36.6. The summed E-state index contributed by atoms with van der Waals surface area (Å²) in [5.74, 6) is 1.95. The molecule has 0 radical (unpaired) electrons. The van der Waals surface area contributed by atoms with Gasteiger partial charge < -0.3 is 14.8 Å². The van der Waals surface area contributed by atoms with Crippen molar-refractivity contribution < 1.29 is 22.7 Å². The fourth-order valence-electron chi connectivity index (χ4n) is 7.75. The van der Waals surface area contributed by atoms with Crippen LogP contribution in [0.5, 0.6) is 5.88 Å². The Balaban J connectivity index is 1.46. The number of nitrogens with zero attached hydrogens (tertiary/aromatic N) is 2. The predicted octanol–water partition coefficient (Wildman–Crippen LogP) is 8.73. The SMILES string of the molecule is Cc1cccc(C)c1-c1nc2nc(c1C)OC[C@@H](CC(C)C)C(C1CCC(CCNC(=O)OC(C)(C)C)CC1)c1cccc(c1)S(=O)(=O)N2. The topological polar surface area (TPSA) is 120 Å². The molecule has 1 aliphatic heterocycles. The molecule has 1 aliphatic carbocycles. The third-order valence-electron chi connectivity index (χ3n) is 9.93. The number of hydrogen-bond donors (Lipinski definition) is 2. The van der Waals surface area contributed by atoms with Crippen LogP contribution in [0.4, 0.5) is 10.7 Å². The number of amides is 1. The largest absolute Gasteiger partial charge is 0.477 e. The van der Waals surface area contributed by atoms with Crippen LogP contribution in [-0.4, -0.2) is 43.2 Å². The molecule has 49 heavy (non-hydrogen) atoms. The molecule has 3 aromatic rings. The lowest BCUT2D eigenvalue weighted by Crippen LogP contribution is -2.34. The third-order valence-corrected chi connectivity index (χ3v) is 11.3. The summed E-state index contributed by atoms with van der Waals surface area (Å²) in [5, 5.41) is 2.92. The molecule has 2 atom stereocenters. The molecule has 5 rings (SSSR count). The van der Waals surface area contributed by atoms with Crippen LogP contribution in [0.15, 0.2) is 47.4 Å². The van der Waals surface area contributed by atoms with Gasteiger partial charge in [-0.15, -0.1) is 0 Å². The van der Waals surface area contributed by atoms with Crippen LogP contribution in [0.25, 0.3) is 11.3 Å². The first-order valence-corrected chi connectivity index (χ1v) is 19.3. The molecule has 2 aromatic carbocycles. The standard InChI is InChI=1S/C39H54N4O5S/c1-24(2)21-31-23-47-36-27(5)35(33-25(3)11-9-12-26(33)4)41-37(42-36)43-49(45,46)32-14-10-13-30(22-32)34(31)29-17-15-28(16-18-29)19-20-40-38(44)48-39(6,7)8/h9-14,22,24,28-29,31,34H,15-21,23H2,1-8H3,(H,40,44)(H,41,42,43)/t28?,29?,31-,34?/m1/s1. The number of aromatic nitrogens is 2. The lowest BCUT2D eigenvalue weighted by molar-refractivity contribution is 0.0522. The van der Waals surface area contributed by atoms with Gasteiger partial charge in [0, 0.05) is 23.6 Å². The second kappa shape index (κ2) is 15.1. The molecule has 1 aromatic heterocycles. The number of carbonyl (C=O) groups is 1. The summed E-state index contributed by atoms with van der Waals surface area (Å²) < 4.78 is 42.5. The minimum atomic E-state index is -3.99. The number of sulfonamides is 1. The summed E-state index contributed by atoms with van der Waals surface area (Å²) in [6.07, 6.45) is 5.63. The number of hydrogen-bond acceptors (Lipinski definition) is 7. The Bertz CT molecular complexity index is 1720. The van der Waals surface area contributed by atoms with E-state index >= 15 is 0 Å². The first-order chi connectivity index (χ1) is 23.1. The zero-order chi connectivity index (χ0) is 35.5. The van der Waals surface area contributed by atoms with Gasteiger partial charge in [0.05, 0.1) is 17.2 Å². The van der Waals surface area contributed by atoms with E-state index in [1.165, 1.54) is 0 Å². The van der Waals surface area contributed by atoms with Crippen molar-refractivity contribution in [3.05, 3.63) is 64.7 Å². The molecule has 2 aliphatic rings. The van der Waals surface area contributed by atoms with Gasteiger partial charge in [-0.2, -0.15) is 4.98 Å². The van der Waals surface area contributed by atoms with Crippen LogP contribution >= 0.6 is 0 Å². The maximum Gasteiger partial charge on any atom is 0.407 e. The second-order valence-electron chi connectivity index (χ2n) is 15.5. The van der Waals surface area contributed by atoms with Gasteiger partial charge in [-0.1, -0.05) is 57.0 Å². The molecule has 0 spiro atoms. The Morgan fingerprint density at radius 1 is 1.02 bits per heavy atom. The Hall–Kier alpha value is -3.66. The summed E-state index contributed by atoms with van der Waals surface area (Å²) in [7, 11) is -3.99. The number of rotatable bonds is 7. The quantitative estimate of drug-likeness (QED) is 0.254. The fourth-order valence-corrected chi connectivity index (χ4v) is 8.75. The maximum atomic E-state index is 13.9. The molecule has 1 unspecified atom stereocenters. The molecular formula is C39H54N4O5S. The monoisotopic (exact) mass is 690 g/mol. The molecule has 1 fully saturated rings. The van der Waals surface area contributed by atoms with Crippen molar-refractivity contribution in [2.75, 3.05) is 17.9 Å². The Morgan fingerprint density at radius 2 is 1.69 bits per heavy atom. The van der Waals surface area contributed by atoms with Crippen molar-refractivity contribution in [3.8, 4) is 17.1 Å². The van der Waals surface area contributed by atoms with Gasteiger partial charge in [0.1, 0.15) is 5.60 Å². The highest BCUT2D eigenvalue weighted by molar-refractivity contribution is 7.92. The number of nitrogens with one attached hydrogen (secondary N) is 2. The Morgan fingerprint density at radius 3 is 2.35 bits per heavy atom. The number of fused-ring (bicyclic) bond motifs is 4. The van der Waals surface area contributed by atoms with E-state index in [4.69, 9.17) is 14.5 Å². The predicted molar refractivity (Wildman–Crippen MR) is 194 cm³/mol. The summed E-state index contributed by atoms with van der Waals surface area (Å²) in [6, 6.07) is 13.5. The van der Waals surface area contributed by atoms with Crippen molar-refractivity contribution >= 4 is 22.1 Å². The Labute approximate surface area is 293 Å². The highest BCUT2D eigenvalue weighted by Gasteiger charge is 2.36. The third kappa shape index (κ3) is 9.12. The van der Waals surface area contributed by atoms with Gasteiger partial charge in [-0.25, -0.2) is 22.9 Å². The number of anilines is 1. The zero-order valence-corrected chi connectivity index (χ0v) is 31.2. The van der Waals surface area contributed by atoms with Crippen molar-refractivity contribution in [2.45, 2.75) is 110 Å². The molecule has 2 N–H and O–H groups in total. The van der Waals surface area contributed by atoms with Gasteiger partial charge in [0.2, 0.25) is 11.8 Å². The number of alkyl carbamates (subject to hydrolysis) is 1. The van der Waals surface area contributed by atoms with Gasteiger partial charge >= 0.3 is 6.09 Å². The van der Waals surface area contributed by atoms with Crippen LogP contribution in [0.1, 0.15) is 101 Å². The van der Waals surface area contributed by atoms with E-state index in [9.17, 15) is 13.2 Å². The summed E-state index contributed by atoms with van der Waals surface area (Å²) in [4.78, 5) is 21.8. The molecule has 10 heteroatoms. The average Bonchev–Trinajstić information content (AvgIpc) is 3.01. The van der Waals surface area contributed by atoms with Gasteiger partial charge in [0.25, 0.3) is 10.0 Å². The Kier molecular flexibility index (Phi) is 11.3. The number of ether oxygens (including phenoxy) is 2. The summed E-state index contributed by atoms with van der Waals surface area (Å²) >= 11 is 0. The van der Waals surface area contributed by atoms with Gasteiger partial charge in [0.15, 0.2) is 0 Å². The highest BCUT2D eigenvalue weighted by Crippen LogP contribution is 2.46. The van der Waals surface area contributed by atoms with Crippen LogP contribution in [0.2, 0.25) is 0 Å². The maximum absolute atomic E-state index is 13.9. The number of carbonyl (C=O) groups excluding carboxylic acids is 1. The number of benzene rings is 2. The van der Waals surface area contributed by atoms with Crippen LogP contribution in [0.3, 0.4) is 0 Å². The molecule has 2 heterocycles. The van der Waals surface area contributed by atoms with Crippen LogP contribution < -0.4 is 14.8 Å². The van der Waals surface area contributed by atoms with Crippen molar-refractivity contribution in [1.82, 2.24) is 15.3 Å². The van der Waals surface area contributed by atoms with E-state index in [-0.39, 0.29) is 28.8 Å². The van der Waals surface area contributed by atoms with E-state index in [1.807, 2.05) is 71.9 Å². The van der Waals surface area contributed by atoms with E-state index in [1.54, 1.807) is 6.07 Å². The summed E-state index contributed by atoms with van der Waals surface area (Å²) in [5.41, 5.74) is 5.02. The fraction of sp³-hybridized carbons (Fsp3) is 0.564.